The zero-order chi connectivity index (χ0) is 18.9. The third-order valence-corrected chi connectivity index (χ3v) is 5.24. The maximum atomic E-state index is 13.0. The minimum Gasteiger partial charge on any atom is -0.493 e. The predicted octanol–water partition coefficient (Wildman–Crippen LogP) is -0.469. The lowest BCUT2D eigenvalue weighted by Crippen LogP contribution is -2.59. The zero-order valence-corrected chi connectivity index (χ0v) is 14.1. The molecule has 4 rings (SSSR count). The van der Waals surface area contributed by atoms with Gasteiger partial charge in [-0.15, -0.1) is 0 Å². The van der Waals surface area contributed by atoms with E-state index in [-0.39, 0.29) is 35.0 Å². The van der Waals surface area contributed by atoms with Gasteiger partial charge in [0.15, 0.2) is 17.3 Å². The van der Waals surface area contributed by atoms with Crippen molar-refractivity contribution >= 4 is 5.78 Å². The molecule has 0 bridgehead atoms. The maximum Gasteiger partial charge on any atom is 0.330 e. The number of benzene rings is 1. The second kappa shape index (κ2) is 5.08. The van der Waals surface area contributed by atoms with Gasteiger partial charge in [-0.1, -0.05) is 0 Å². The molecule has 10 nitrogen and oxygen atoms in total. The maximum absolute atomic E-state index is 13.0. The highest BCUT2D eigenvalue weighted by atomic mass is 16.6. The first-order chi connectivity index (χ1) is 12.3. The lowest BCUT2D eigenvalue weighted by molar-refractivity contribution is -0.445. The molecular weight excluding hydrogens is 346 g/mol. The fraction of sp³-hybridized carbons (Fsp3) is 0.438. The van der Waals surface area contributed by atoms with Crippen molar-refractivity contribution in [3.8, 4) is 11.5 Å². The summed E-state index contributed by atoms with van der Waals surface area (Å²) in [5.41, 5.74) is -5.79. The summed E-state index contributed by atoms with van der Waals surface area (Å²) in [7, 11) is 2.77. The number of rotatable bonds is 3. The average Bonchev–Trinajstić information content (AvgIpc) is 2.95. The summed E-state index contributed by atoms with van der Waals surface area (Å²) in [6, 6.07) is 2.69. The van der Waals surface area contributed by atoms with Crippen LogP contribution in [0.4, 0.5) is 0 Å². The highest BCUT2D eigenvalue weighted by Gasteiger charge is 2.77. The molecule has 2 unspecified atom stereocenters. The first kappa shape index (κ1) is 16.6. The Bertz CT molecular complexity index is 883. The lowest BCUT2D eigenvalue weighted by atomic mass is 9.89. The van der Waals surface area contributed by atoms with Crippen LogP contribution in [0.5, 0.6) is 11.5 Å². The molecule has 3 aliphatic rings. The third-order valence-electron chi connectivity index (χ3n) is 5.24. The normalized spacial score (nSPS) is 29.1. The van der Waals surface area contributed by atoms with E-state index in [0.29, 0.717) is 13.0 Å². The highest BCUT2D eigenvalue weighted by Crippen LogP contribution is 2.58. The molecule has 0 amide bonds. The number of nitrogens with zero attached hydrogens (tertiary/aromatic N) is 2. The van der Waals surface area contributed by atoms with E-state index in [0.717, 1.165) is 0 Å². The van der Waals surface area contributed by atoms with E-state index in [1.807, 2.05) is 0 Å². The molecule has 2 aliphatic heterocycles. The van der Waals surface area contributed by atoms with Gasteiger partial charge in [0.2, 0.25) is 11.5 Å². The van der Waals surface area contributed by atoms with Crippen LogP contribution in [0.3, 0.4) is 0 Å². The van der Waals surface area contributed by atoms with E-state index in [1.165, 1.54) is 31.3 Å². The summed E-state index contributed by atoms with van der Waals surface area (Å²) in [5.74, 6) is -0.542. The van der Waals surface area contributed by atoms with Gasteiger partial charge < -0.3 is 29.9 Å². The minimum atomic E-state index is -2.73. The van der Waals surface area contributed by atoms with Crippen LogP contribution in [0.15, 0.2) is 23.7 Å². The number of nitro groups is 1. The molecule has 3 N–H and O–H groups in total. The van der Waals surface area contributed by atoms with Crippen molar-refractivity contribution in [1.82, 2.24) is 10.2 Å². The van der Waals surface area contributed by atoms with Gasteiger partial charge in [0.1, 0.15) is 0 Å². The van der Waals surface area contributed by atoms with E-state index in [4.69, 9.17) is 9.47 Å². The fourth-order valence-corrected chi connectivity index (χ4v) is 4.09. The van der Waals surface area contributed by atoms with Crippen LogP contribution in [0.2, 0.25) is 0 Å². The molecule has 2 heterocycles. The van der Waals surface area contributed by atoms with Crippen molar-refractivity contribution in [3.05, 3.63) is 44.9 Å². The second-order valence-electron chi connectivity index (χ2n) is 6.35. The highest BCUT2D eigenvalue weighted by molar-refractivity contribution is 6.11. The number of hydrogen-bond acceptors (Lipinski definition) is 9. The molecule has 0 spiro atoms. The Labute approximate surface area is 147 Å². The van der Waals surface area contributed by atoms with Gasteiger partial charge in [-0.05, 0) is 18.6 Å². The number of hydrogen-bond donors (Lipinski definition) is 3. The monoisotopic (exact) mass is 363 g/mol. The number of fused-ring (bicyclic) bond motifs is 5. The van der Waals surface area contributed by atoms with Gasteiger partial charge in [0, 0.05) is 24.2 Å². The van der Waals surface area contributed by atoms with Gasteiger partial charge in [0.05, 0.1) is 19.1 Å². The summed E-state index contributed by atoms with van der Waals surface area (Å²) in [6.07, 6.45) is 0.573. The molecule has 1 fully saturated rings. The molecule has 0 aromatic heterocycles. The Morgan fingerprint density at radius 3 is 2.54 bits per heavy atom. The van der Waals surface area contributed by atoms with Gasteiger partial charge in [-0.2, -0.15) is 0 Å². The van der Waals surface area contributed by atoms with Crippen molar-refractivity contribution in [2.45, 2.75) is 17.7 Å². The molecule has 0 radical (unpaired) electrons. The number of carbonyl (C=O) groups excluding carboxylic acids is 1. The Kier molecular flexibility index (Phi) is 3.25. The molecular formula is C16H17N3O7. The summed E-state index contributed by atoms with van der Waals surface area (Å²) < 4.78 is 10.4. The van der Waals surface area contributed by atoms with Crippen LogP contribution >= 0.6 is 0 Å². The molecule has 0 saturated carbocycles. The second-order valence-corrected chi connectivity index (χ2v) is 6.35. The van der Waals surface area contributed by atoms with Gasteiger partial charge >= 0.3 is 5.70 Å². The summed E-state index contributed by atoms with van der Waals surface area (Å²) in [4.78, 5) is 25.2. The van der Waals surface area contributed by atoms with Crippen molar-refractivity contribution in [2.75, 3.05) is 27.3 Å². The number of aliphatic hydroxyl groups is 2. The van der Waals surface area contributed by atoms with E-state index < -0.39 is 27.7 Å². The first-order valence-corrected chi connectivity index (χ1v) is 7.99. The standard InChI is InChI=1S/C16H17N3O7/c1-25-10-6-8-9(7-11(10)26-2)16(22)15(21,13(8)20)12(19(23)24)14-17-4-3-5-18(14)16/h6-7,17,21-22H,3-5H2,1-2H3. The molecule has 2 atom stereocenters. The van der Waals surface area contributed by atoms with Gasteiger partial charge in [-0.25, -0.2) is 0 Å². The van der Waals surface area contributed by atoms with Crippen LogP contribution in [0, 0.1) is 10.1 Å². The minimum absolute atomic E-state index is 0.0416. The Balaban J connectivity index is 2.03. The molecule has 26 heavy (non-hydrogen) atoms. The van der Waals surface area contributed by atoms with Crippen LogP contribution in [-0.4, -0.2) is 58.7 Å². The molecule has 10 heteroatoms. The summed E-state index contributed by atoms with van der Waals surface area (Å²) in [5, 5.41) is 37.2. The van der Waals surface area contributed by atoms with Crippen LogP contribution in [-0.2, 0) is 5.72 Å². The zero-order valence-electron chi connectivity index (χ0n) is 14.1. The number of carbonyl (C=O) groups is 1. The number of ether oxygens (including phenoxy) is 2. The largest absolute Gasteiger partial charge is 0.493 e. The SMILES string of the molecule is COc1cc2c(cc1OC)C1(O)N3CCCNC3=C([N+](=O)[O-])C1(O)C2=O. The molecule has 1 aliphatic carbocycles. The van der Waals surface area contributed by atoms with Gasteiger partial charge in [-0.3, -0.25) is 14.9 Å². The Morgan fingerprint density at radius 1 is 1.27 bits per heavy atom. The Hall–Kier alpha value is -2.85. The average molecular weight is 363 g/mol. The number of ketones is 1. The molecule has 1 saturated heterocycles. The first-order valence-electron chi connectivity index (χ1n) is 7.99. The van der Waals surface area contributed by atoms with Crippen LogP contribution in [0.25, 0.3) is 0 Å². The quantitative estimate of drug-likeness (QED) is 0.481. The predicted molar refractivity (Wildman–Crippen MR) is 86.1 cm³/mol. The van der Waals surface area contributed by atoms with E-state index in [2.05, 4.69) is 5.32 Å². The topological polar surface area (TPSA) is 134 Å². The van der Waals surface area contributed by atoms with E-state index >= 15 is 0 Å². The summed E-state index contributed by atoms with van der Waals surface area (Å²) >= 11 is 0. The number of nitrogens with one attached hydrogen (secondary N) is 1. The third kappa shape index (κ3) is 1.60. The number of Topliss-reactive ketones (excluding diaryl/α,β-unsaturated/α-hetero) is 1. The van der Waals surface area contributed by atoms with E-state index in [1.54, 1.807) is 0 Å². The lowest BCUT2D eigenvalue weighted by Gasteiger charge is -2.40. The van der Waals surface area contributed by atoms with Crippen molar-refractivity contribution in [1.29, 1.82) is 0 Å². The molecule has 1 aromatic carbocycles. The fourth-order valence-electron chi connectivity index (χ4n) is 4.09. The van der Waals surface area contributed by atoms with Crippen molar-refractivity contribution in [2.24, 2.45) is 0 Å². The number of methoxy groups -OCH3 is 2. The summed E-state index contributed by atoms with van der Waals surface area (Å²) in [6.45, 7) is 0.669. The van der Waals surface area contributed by atoms with Gasteiger partial charge in [0.25, 0.3) is 5.60 Å². The van der Waals surface area contributed by atoms with Crippen LogP contribution in [0.1, 0.15) is 22.3 Å². The van der Waals surface area contributed by atoms with E-state index in [9.17, 15) is 25.1 Å². The molecule has 1 aromatic rings. The Morgan fingerprint density at radius 2 is 1.92 bits per heavy atom. The van der Waals surface area contributed by atoms with Crippen molar-refractivity contribution < 1.29 is 29.4 Å². The molecule has 138 valence electrons. The smallest absolute Gasteiger partial charge is 0.330 e. The van der Waals surface area contributed by atoms with Crippen LogP contribution < -0.4 is 14.8 Å². The van der Waals surface area contributed by atoms with Crippen molar-refractivity contribution in [3.63, 3.8) is 0 Å².